The number of hydrogen-bond donors (Lipinski definition) is 1. The van der Waals surface area contributed by atoms with Crippen molar-refractivity contribution in [3.63, 3.8) is 0 Å². The molecule has 2 heterocycles. The molecule has 0 saturated carbocycles. The largest absolute Gasteiger partial charge is 0.496 e. The minimum Gasteiger partial charge on any atom is -0.496 e. The van der Waals surface area contributed by atoms with Crippen molar-refractivity contribution in [3.8, 4) is 5.75 Å². The zero-order valence-electron chi connectivity index (χ0n) is 11.6. The van der Waals surface area contributed by atoms with E-state index in [0.717, 1.165) is 43.2 Å². The monoisotopic (exact) mass is 273 g/mol. The highest BCUT2D eigenvalue weighted by Crippen LogP contribution is 2.23. The molecule has 1 aromatic carbocycles. The van der Waals surface area contributed by atoms with E-state index in [0.29, 0.717) is 0 Å². The Morgan fingerprint density at radius 1 is 1.45 bits per heavy atom. The molecular weight excluding hydrogens is 254 g/mol. The van der Waals surface area contributed by atoms with Gasteiger partial charge in [-0.15, -0.1) is 0 Å². The molecule has 1 atom stereocenters. The van der Waals surface area contributed by atoms with Crippen molar-refractivity contribution < 1.29 is 9.47 Å². The SMILES string of the molecule is COc1ccccc1Cn1cncc1C1CNCCO1. The van der Waals surface area contributed by atoms with Gasteiger partial charge in [-0.25, -0.2) is 4.98 Å². The summed E-state index contributed by atoms with van der Waals surface area (Å²) >= 11 is 0. The number of para-hydroxylation sites is 1. The van der Waals surface area contributed by atoms with Gasteiger partial charge >= 0.3 is 0 Å². The molecule has 2 aromatic rings. The molecule has 0 amide bonds. The van der Waals surface area contributed by atoms with Crippen molar-refractivity contribution in [3.05, 3.63) is 48.0 Å². The van der Waals surface area contributed by atoms with E-state index < -0.39 is 0 Å². The van der Waals surface area contributed by atoms with Gasteiger partial charge in [0.2, 0.25) is 0 Å². The van der Waals surface area contributed by atoms with E-state index in [4.69, 9.17) is 9.47 Å². The highest BCUT2D eigenvalue weighted by Gasteiger charge is 2.19. The number of benzene rings is 1. The van der Waals surface area contributed by atoms with Crippen LogP contribution in [0.25, 0.3) is 0 Å². The van der Waals surface area contributed by atoms with Gasteiger partial charge in [0, 0.05) is 18.7 Å². The summed E-state index contributed by atoms with van der Waals surface area (Å²) in [7, 11) is 1.70. The second-order valence-corrected chi connectivity index (χ2v) is 4.82. The fraction of sp³-hybridized carbons (Fsp3) is 0.400. The molecule has 0 aliphatic carbocycles. The third kappa shape index (κ3) is 2.69. The van der Waals surface area contributed by atoms with Crippen LogP contribution in [0, 0.1) is 0 Å². The number of imidazole rings is 1. The Morgan fingerprint density at radius 2 is 2.35 bits per heavy atom. The normalized spacial score (nSPS) is 18.9. The molecule has 3 rings (SSSR count). The van der Waals surface area contributed by atoms with Crippen molar-refractivity contribution in [2.24, 2.45) is 0 Å². The predicted octanol–water partition coefficient (Wildman–Crippen LogP) is 1.60. The summed E-state index contributed by atoms with van der Waals surface area (Å²) < 4.78 is 13.3. The van der Waals surface area contributed by atoms with Crippen LogP contribution in [0.3, 0.4) is 0 Å². The van der Waals surface area contributed by atoms with Crippen LogP contribution in [0.5, 0.6) is 5.75 Å². The van der Waals surface area contributed by atoms with Crippen molar-refractivity contribution >= 4 is 0 Å². The van der Waals surface area contributed by atoms with Crippen LogP contribution in [0.2, 0.25) is 0 Å². The van der Waals surface area contributed by atoms with Gasteiger partial charge < -0.3 is 19.4 Å². The van der Waals surface area contributed by atoms with Crippen molar-refractivity contribution in [1.29, 1.82) is 0 Å². The summed E-state index contributed by atoms with van der Waals surface area (Å²) in [5.74, 6) is 0.898. The zero-order chi connectivity index (χ0) is 13.8. The number of methoxy groups -OCH3 is 1. The lowest BCUT2D eigenvalue weighted by Crippen LogP contribution is -2.34. The quantitative estimate of drug-likeness (QED) is 0.919. The molecule has 1 N–H and O–H groups in total. The molecular formula is C15H19N3O2. The average molecular weight is 273 g/mol. The molecule has 1 aromatic heterocycles. The first-order valence-corrected chi connectivity index (χ1v) is 6.82. The molecule has 0 spiro atoms. The summed E-state index contributed by atoms with van der Waals surface area (Å²) in [6.45, 7) is 3.22. The van der Waals surface area contributed by atoms with E-state index >= 15 is 0 Å². The first-order valence-electron chi connectivity index (χ1n) is 6.82. The maximum Gasteiger partial charge on any atom is 0.123 e. The molecule has 106 valence electrons. The molecule has 20 heavy (non-hydrogen) atoms. The topological polar surface area (TPSA) is 48.3 Å². The second-order valence-electron chi connectivity index (χ2n) is 4.82. The maximum absolute atomic E-state index is 5.80. The summed E-state index contributed by atoms with van der Waals surface area (Å²) in [6.07, 6.45) is 3.80. The van der Waals surface area contributed by atoms with Crippen LogP contribution in [-0.4, -0.2) is 36.4 Å². The number of rotatable bonds is 4. The van der Waals surface area contributed by atoms with Crippen LogP contribution < -0.4 is 10.1 Å². The Kier molecular flexibility index (Phi) is 3.99. The third-order valence-electron chi connectivity index (χ3n) is 3.54. The average Bonchev–Trinajstić information content (AvgIpc) is 2.97. The summed E-state index contributed by atoms with van der Waals surface area (Å²) in [6, 6.07) is 8.05. The molecule has 1 saturated heterocycles. The lowest BCUT2D eigenvalue weighted by molar-refractivity contribution is 0.0230. The van der Waals surface area contributed by atoms with Gasteiger partial charge in [-0.3, -0.25) is 0 Å². The van der Waals surface area contributed by atoms with Gasteiger partial charge in [-0.05, 0) is 6.07 Å². The summed E-state index contributed by atoms with van der Waals surface area (Å²) in [5.41, 5.74) is 2.24. The lowest BCUT2D eigenvalue weighted by Gasteiger charge is -2.24. The molecule has 0 radical (unpaired) electrons. The van der Waals surface area contributed by atoms with Crippen LogP contribution in [-0.2, 0) is 11.3 Å². The fourth-order valence-electron chi connectivity index (χ4n) is 2.50. The lowest BCUT2D eigenvalue weighted by atomic mass is 10.2. The van der Waals surface area contributed by atoms with Crippen molar-refractivity contribution in [2.75, 3.05) is 26.8 Å². The number of hydrogen-bond acceptors (Lipinski definition) is 4. The van der Waals surface area contributed by atoms with E-state index in [1.165, 1.54) is 0 Å². The first kappa shape index (κ1) is 13.1. The van der Waals surface area contributed by atoms with Crippen LogP contribution in [0.15, 0.2) is 36.8 Å². The number of nitrogens with zero attached hydrogens (tertiary/aromatic N) is 2. The highest BCUT2D eigenvalue weighted by molar-refractivity contribution is 5.33. The van der Waals surface area contributed by atoms with Gasteiger partial charge in [-0.2, -0.15) is 0 Å². The van der Waals surface area contributed by atoms with Crippen LogP contribution >= 0.6 is 0 Å². The van der Waals surface area contributed by atoms with Crippen molar-refractivity contribution in [2.45, 2.75) is 12.6 Å². The van der Waals surface area contributed by atoms with Crippen LogP contribution in [0.4, 0.5) is 0 Å². The Morgan fingerprint density at radius 3 is 3.15 bits per heavy atom. The van der Waals surface area contributed by atoms with Gasteiger partial charge in [0.1, 0.15) is 11.9 Å². The van der Waals surface area contributed by atoms with Gasteiger partial charge in [0.05, 0.1) is 38.5 Å². The number of aromatic nitrogens is 2. The number of nitrogens with one attached hydrogen (secondary N) is 1. The van der Waals surface area contributed by atoms with Gasteiger partial charge in [0.25, 0.3) is 0 Å². The Labute approximate surface area is 118 Å². The summed E-state index contributed by atoms with van der Waals surface area (Å²) in [4.78, 5) is 4.26. The van der Waals surface area contributed by atoms with E-state index in [9.17, 15) is 0 Å². The molecule has 5 heteroatoms. The first-order chi connectivity index (χ1) is 9.88. The zero-order valence-corrected chi connectivity index (χ0v) is 11.6. The predicted molar refractivity (Wildman–Crippen MR) is 75.9 cm³/mol. The van der Waals surface area contributed by atoms with E-state index in [1.54, 1.807) is 7.11 Å². The maximum atomic E-state index is 5.80. The molecule has 1 aliphatic heterocycles. The number of ether oxygens (including phenoxy) is 2. The number of morpholine rings is 1. The summed E-state index contributed by atoms with van der Waals surface area (Å²) in [5, 5.41) is 3.35. The van der Waals surface area contributed by atoms with Gasteiger partial charge in [0.15, 0.2) is 0 Å². The molecule has 1 unspecified atom stereocenters. The standard InChI is InChI=1S/C15H19N3O2/c1-19-14-5-3-2-4-12(14)10-18-11-17-8-13(18)15-9-16-6-7-20-15/h2-5,8,11,15-16H,6-7,9-10H2,1H3. The smallest absolute Gasteiger partial charge is 0.123 e. The molecule has 1 aliphatic rings. The Balaban J connectivity index is 1.82. The highest BCUT2D eigenvalue weighted by atomic mass is 16.5. The van der Waals surface area contributed by atoms with E-state index in [1.807, 2.05) is 30.7 Å². The minimum atomic E-state index is 0.0703. The molecule has 1 fully saturated rings. The fourth-order valence-corrected chi connectivity index (χ4v) is 2.50. The van der Waals surface area contributed by atoms with Crippen molar-refractivity contribution in [1.82, 2.24) is 14.9 Å². The van der Waals surface area contributed by atoms with E-state index in [2.05, 4.69) is 20.9 Å². The van der Waals surface area contributed by atoms with Gasteiger partial charge in [-0.1, -0.05) is 18.2 Å². The minimum absolute atomic E-state index is 0.0703. The molecule has 0 bridgehead atoms. The molecule has 5 nitrogen and oxygen atoms in total. The Bertz CT molecular complexity index is 562. The second kappa shape index (κ2) is 6.07. The van der Waals surface area contributed by atoms with Crippen LogP contribution in [0.1, 0.15) is 17.4 Å². The van der Waals surface area contributed by atoms with E-state index in [-0.39, 0.29) is 6.10 Å². The Hall–Kier alpha value is -1.85. The third-order valence-corrected chi connectivity index (χ3v) is 3.54.